The molecule has 80 valence electrons. The van der Waals surface area contributed by atoms with Crippen molar-refractivity contribution >= 4 is 5.97 Å². The van der Waals surface area contributed by atoms with Crippen molar-refractivity contribution in [2.24, 2.45) is 0 Å². The van der Waals surface area contributed by atoms with E-state index >= 15 is 0 Å². The standard InChI is InChI=1S/C11H18O3/c1-6-7-9(8-13-5)10(12)14-11(2,3)4/h6-7H,1,8H2,2-5H3. The molecule has 0 atom stereocenters. The minimum atomic E-state index is -0.481. The fourth-order valence-corrected chi connectivity index (χ4v) is 0.816. The second kappa shape index (κ2) is 5.60. The Morgan fingerprint density at radius 3 is 2.36 bits per heavy atom. The molecule has 0 bridgehead atoms. The lowest BCUT2D eigenvalue weighted by atomic mass is 10.2. The summed E-state index contributed by atoms with van der Waals surface area (Å²) in [4.78, 5) is 11.5. The molecule has 0 aromatic heterocycles. The first-order valence-electron chi connectivity index (χ1n) is 4.44. The van der Waals surface area contributed by atoms with E-state index in [1.807, 2.05) is 20.8 Å². The third kappa shape index (κ3) is 5.54. The molecule has 0 saturated heterocycles. The van der Waals surface area contributed by atoms with E-state index in [2.05, 4.69) is 6.58 Å². The molecular weight excluding hydrogens is 180 g/mol. The van der Waals surface area contributed by atoms with E-state index in [0.717, 1.165) is 0 Å². The van der Waals surface area contributed by atoms with Crippen LogP contribution in [0.25, 0.3) is 0 Å². The first-order chi connectivity index (χ1) is 6.40. The highest BCUT2D eigenvalue weighted by Crippen LogP contribution is 2.11. The number of hydrogen-bond acceptors (Lipinski definition) is 3. The van der Waals surface area contributed by atoms with Crippen molar-refractivity contribution < 1.29 is 14.3 Å². The molecule has 14 heavy (non-hydrogen) atoms. The lowest BCUT2D eigenvalue weighted by Crippen LogP contribution is -2.26. The zero-order valence-electron chi connectivity index (χ0n) is 9.29. The Labute approximate surface area is 85.4 Å². The highest BCUT2D eigenvalue weighted by molar-refractivity contribution is 5.89. The lowest BCUT2D eigenvalue weighted by Gasteiger charge is -2.20. The maximum Gasteiger partial charge on any atom is 0.336 e. The molecule has 0 aromatic rings. The number of rotatable bonds is 4. The number of esters is 1. The van der Waals surface area contributed by atoms with E-state index in [0.29, 0.717) is 5.57 Å². The normalized spacial score (nSPS) is 12.4. The zero-order chi connectivity index (χ0) is 11.2. The molecule has 0 aliphatic rings. The van der Waals surface area contributed by atoms with Gasteiger partial charge in [-0.05, 0) is 20.8 Å². The molecule has 0 spiro atoms. The Kier molecular flexibility index (Phi) is 5.16. The van der Waals surface area contributed by atoms with Crippen LogP contribution in [0.2, 0.25) is 0 Å². The molecule has 0 aliphatic carbocycles. The van der Waals surface area contributed by atoms with Gasteiger partial charge in [-0.15, -0.1) is 0 Å². The molecule has 0 saturated carbocycles. The second-order valence-electron chi connectivity index (χ2n) is 3.86. The fraction of sp³-hybridized carbons (Fsp3) is 0.545. The molecule has 0 amide bonds. The van der Waals surface area contributed by atoms with Crippen LogP contribution in [-0.2, 0) is 14.3 Å². The minimum Gasteiger partial charge on any atom is -0.457 e. The summed E-state index contributed by atoms with van der Waals surface area (Å²) in [5.74, 6) is -0.362. The molecule has 3 heteroatoms. The summed E-state index contributed by atoms with van der Waals surface area (Å²) in [5, 5.41) is 0. The van der Waals surface area contributed by atoms with Crippen LogP contribution in [-0.4, -0.2) is 25.3 Å². The van der Waals surface area contributed by atoms with Crippen LogP contribution in [0.4, 0.5) is 0 Å². The Bertz CT molecular complexity index is 233. The minimum absolute atomic E-state index is 0.237. The Morgan fingerprint density at radius 1 is 1.43 bits per heavy atom. The SMILES string of the molecule is C=CC=C(COC)C(=O)OC(C)(C)C. The van der Waals surface area contributed by atoms with E-state index in [1.54, 1.807) is 6.08 Å². The van der Waals surface area contributed by atoms with E-state index in [9.17, 15) is 4.79 Å². The van der Waals surface area contributed by atoms with Crippen LogP contribution in [0.5, 0.6) is 0 Å². The predicted octanol–water partition coefficient (Wildman–Crippen LogP) is 2.09. The van der Waals surface area contributed by atoms with Gasteiger partial charge in [-0.1, -0.05) is 18.7 Å². The molecule has 0 unspecified atom stereocenters. The molecule has 0 rings (SSSR count). The van der Waals surface area contributed by atoms with E-state index in [1.165, 1.54) is 13.2 Å². The number of hydrogen-bond donors (Lipinski definition) is 0. The van der Waals surface area contributed by atoms with Gasteiger partial charge in [0.1, 0.15) is 5.60 Å². The van der Waals surface area contributed by atoms with Crippen molar-refractivity contribution in [3.05, 3.63) is 24.3 Å². The van der Waals surface area contributed by atoms with E-state index in [-0.39, 0.29) is 12.6 Å². The summed E-state index contributed by atoms with van der Waals surface area (Å²) in [5.41, 5.74) is -0.0112. The third-order valence-corrected chi connectivity index (χ3v) is 1.28. The van der Waals surface area contributed by atoms with Crippen molar-refractivity contribution in [3.63, 3.8) is 0 Å². The Morgan fingerprint density at radius 2 is 2.00 bits per heavy atom. The van der Waals surface area contributed by atoms with Crippen molar-refractivity contribution in [1.82, 2.24) is 0 Å². The molecule has 0 aromatic carbocycles. The van der Waals surface area contributed by atoms with Gasteiger partial charge in [-0.25, -0.2) is 4.79 Å². The summed E-state index contributed by atoms with van der Waals surface area (Å²) in [6.45, 7) is 9.23. The number of ether oxygens (including phenoxy) is 2. The predicted molar refractivity (Wildman–Crippen MR) is 56.0 cm³/mol. The fourth-order valence-electron chi connectivity index (χ4n) is 0.816. The first kappa shape index (κ1) is 12.9. The van der Waals surface area contributed by atoms with Crippen LogP contribution >= 0.6 is 0 Å². The summed E-state index contributed by atoms with van der Waals surface area (Å²) in [6.07, 6.45) is 3.13. The number of methoxy groups -OCH3 is 1. The van der Waals surface area contributed by atoms with Gasteiger partial charge in [0.15, 0.2) is 0 Å². The topological polar surface area (TPSA) is 35.5 Å². The monoisotopic (exact) mass is 198 g/mol. The molecule has 0 N–H and O–H groups in total. The van der Waals surface area contributed by atoms with Crippen LogP contribution in [0.3, 0.4) is 0 Å². The molecule has 0 fully saturated rings. The summed E-state index contributed by atoms with van der Waals surface area (Å²) in [7, 11) is 1.53. The number of allylic oxidation sites excluding steroid dienone is 2. The average molecular weight is 198 g/mol. The molecule has 0 radical (unpaired) electrons. The zero-order valence-corrected chi connectivity index (χ0v) is 9.29. The van der Waals surface area contributed by atoms with Gasteiger partial charge in [0.25, 0.3) is 0 Å². The van der Waals surface area contributed by atoms with Gasteiger partial charge in [0, 0.05) is 7.11 Å². The van der Waals surface area contributed by atoms with Crippen molar-refractivity contribution in [2.45, 2.75) is 26.4 Å². The summed E-state index contributed by atoms with van der Waals surface area (Å²) < 4.78 is 10.0. The molecule has 0 aliphatic heterocycles. The van der Waals surface area contributed by atoms with Gasteiger partial charge >= 0.3 is 5.97 Å². The van der Waals surface area contributed by atoms with E-state index < -0.39 is 5.60 Å². The second-order valence-corrected chi connectivity index (χ2v) is 3.86. The highest BCUT2D eigenvalue weighted by atomic mass is 16.6. The van der Waals surface area contributed by atoms with E-state index in [4.69, 9.17) is 9.47 Å². The summed E-state index contributed by atoms with van der Waals surface area (Å²) >= 11 is 0. The molecular formula is C11H18O3. The largest absolute Gasteiger partial charge is 0.457 e. The third-order valence-electron chi connectivity index (χ3n) is 1.28. The maximum atomic E-state index is 11.5. The Balaban J connectivity index is 4.46. The quantitative estimate of drug-likeness (QED) is 0.394. The van der Waals surface area contributed by atoms with Crippen molar-refractivity contribution in [2.75, 3.05) is 13.7 Å². The van der Waals surface area contributed by atoms with Gasteiger partial charge in [-0.3, -0.25) is 0 Å². The van der Waals surface area contributed by atoms with Gasteiger partial charge in [0.2, 0.25) is 0 Å². The van der Waals surface area contributed by atoms with Crippen molar-refractivity contribution in [1.29, 1.82) is 0 Å². The van der Waals surface area contributed by atoms with Gasteiger partial charge in [-0.2, -0.15) is 0 Å². The number of carbonyl (C=O) groups is 1. The molecule has 0 heterocycles. The van der Waals surface area contributed by atoms with Crippen LogP contribution in [0.1, 0.15) is 20.8 Å². The number of carbonyl (C=O) groups excluding carboxylic acids is 1. The van der Waals surface area contributed by atoms with Crippen LogP contribution in [0, 0.1) is 0 Å². The average Bonchev–Trinajstić information content (AvgIpc) is 2.01. The van der Waals surface area contributed by atoms with Crippen LogP contribution in [0.15, 0.2) is 24.3 Å². The summed E-state index contributed by atoms with van der Waals surface area (Å²) in [6, 6.07) is 0. The maximum absolute atomic E-state index is 11.5. The smallest absolute Gasteiger partial charge is 0.336 e. The Hall–Kier alpha value is -1.09. The highest BCUT2D eigenvalue weighted by Gasteiger charge is 2.19. The van der Waals surface area contributed by atoms with Crippen LogP contribution < -0.4 is 0 Å². The lowest BCUT2D eigenvalue weighted by molar-refractivity contribution is -0.150. The first-order valence-corrected chi connectivity index (χ1v) is 4.44. The van der Waals surface area contributed by atoms with Gasteiger partial charge in [0.05, 0.1) is 12.2 Å². The van der Waals surface area contributed by atoms with Gasteiger partial charge < -0.3 is 9.47 Å². The van der Waals surface area contributed by atoms with Crippen molar-refractivity contribution in [3.8, 4) is 0 Å². The molecule has 3 nitrogen and oxygen atoms in total.